The lowest BCUT2D eigenvalue weighted by molar-refractivity contribution is -0.161. The van der Waals surface area contributed by atoms with E-state index in [9.17, 15) is 24.2 Å². The second kappa shape index (κ2) is 41.8. The molecule has 0 saturated carbocycles. The second-order valence-electron chi connectivity index (χ2n) is 14.7. The van der Waals surface area contributed by atoms with E-state index in [1.807, 2.05) is 0 Å². The summed E-state index contributed by atoms with van der Waals surface area (Å²) in [4.78, 5) is 35.0. The van der Waals surface area contributed by atoms with Crippen molar-refractivity contribution in [2.45, 2.75) is 193 Å². The molecule has 3 N–H and O–H groups in total. The zero-order chi connectivity index (χ0) is 41.9. The minimum atomic E-state index is -4.63. The summed E-state index contributed by atoms with van der Waals surface area (Å²) in [7, 11) is -4.63. The Kier molecular flexibility index (Phi) is 40.1. The van der Waals surface area contributed by atoms with Crippen LogP contribution in [0, 0.1) is 0 Å². The number of aliphatic hydroxyl groups is 2. The number of carbonyl (C=O) groups excluding carboxylic acids is 2. The van der Waals surface area contributed by atoms with E-state index in [0.717, 1.165) is 77.0 Å². The molecule has 0 aromatic rings. The first-order chi connectivity index (χ1) is 27.7. The average Bonchev–Trinajstić information content (AvgIpc) is 3.20. The molecular formula is C46H81O10P. The Morgan fingerprint density at radius 2 is 0.912 bits per heavy atom. The van der Waals surface area contributed by atoms with Crippen molar-refractivity contribution < 1.29 is 47.8 Å². The van der Waals surface area contributed by atoms with Gasteiger partial charge in [0.15, 0.2) is 6.10 Å². The predicted molar refractivity (Wildman–Crippen MR) is 233 cm³/mol. The molecule has 0 aromatic carbocycles. The Balaban J connectivity index is 4.35. The number of aliphatic hydroxyl groups excluding tert-OH is 2. The Morgan fingerprint density at radius 1 is 0.526 bits per heavy atom. The minimum Gasteiger partial charge on any atom is -0.462 e. The van der Waals surface area contributed by atoms with Gasteiger partial charge in [-0.3, -0.25) is 18.6 Å². The molecule has 330 valence electrons. The smallest absolute Gasteiger partial charge is 0.462 e. The van der Waals surface area contributed by atoms with Crippen molar-refractivity contribution in [3.8, 4) is 0 Å². The van der Waals surface area contributed by atoms with Crippen LogP contribution in [-0.2, 0) is 32.7 Å². The third-order valence-corrected chi connectivity index (χ3v) is 10.1. The zero-order valence-electron chi connectivity index (χ0n) is 35.8. The van der Waals surface area contributed by atoms with Crippen LogP contribution in [0.1, 0.15) is 181 Å². The third kappa shape index (κ3) is 41.6. The molecule has 1 unspecified atom stereocenters. The van der Waals surface area contributed by atoms with Gasteiger partial charge in [-0.2, -0.15) is 0 Å². The number of carbonyl (C=O) groups is 2. The van der Waals surface area contributed by atoms with E-state index in [2.05, 4.69) is 79.1 Å². The lowest BCUT2D eigenvalue weighted by Crippen LogP contribution is -2.29. The molecule has 0 rings (SSSR count). The topological polar surface area (TPSA) is 149 Å². The van der Waals surface area contributed by atoms with Crippen LogP contribution >= 0.6 is 7.82 Å². The molecule has 0 fully saturated rings. The highest BCUT2D eigenvalue weighted by Crippen LogP contribution is 2.43. The van der Waals surface area contributed by atoms with Crippen molar-refractivity contribution in [1.82, 2.24) is 0 Å². The molecule has 0 aromatic heterocycles. The van der Waals surface area contributed by atoms with Crippen molar-refractivity contribution >= 4 is 19.8 Å². The Labute approximate surface area is 346 Å². The van der Waals surface area contributed by atoms with E-state index in [4.69, 9.17) is 19.1 Å². The summed E-state index contributed by atoms with van der Waals surface area (Å²) in [5, 5.41) is 18.3. The molecule has 0 amide bonds. The van der Waals surface area contributed by atoms with E-state index < -0.39 is 51.8 Å². The van der Waals surface area contributed by atoms with Gasteiger partial charge in [0, 0.05) is 12.8 Å². The summed E-state index contributed by atoms with van der Waals surface area (Å²) < 4.78 is 32.7. The molecule has 11 heteroatoms. The standard InChI is InChI=1S/C46H81O10P/c1-3-5-7-9-11-13-15-17-19-21-23-25-27-29-31-33-35-37-45(49)53-41-44(42-55-57(51,52)54-40-43(48)39-47)56-46(50)38-36-34-32-30-28-26-24-22-20-18-16-14-12-10-8-6-4-2/h11-14,17-20,24,26,43-44,47-48H,3-10,15-16,21-23,25,27-42H2,1-2H3,(H,51,52)/b13-11-,14-12-,19-17-,20-18-,26-24-/t43-,44+/m0/s1. The fourth-order valence-corrected chi connectivity index (χ4v) is 6.47. The SMILES string of the molecule is CCCCC/C=C\C/C=C\C/C=C\CCCCCCC(=O)O[C@H](COC(=O)CCCCCCCCC/C=C\C/C=C\CCCCC)COP(=O)(O)OC[C@@H](O)CO. The van der Waals surface area contributed by atoms with Crippen LogP contribution in [0.5, 0.6) is 0 Å². The number of allylic oxidation sites excluding steroid dienone is 10. The second-order valence-corrected chi connectivity index (χ2v) is 16.2. The van der Waals surface area contributed by atoms with Crippen molar-refractivity contribution in [3.63, 3.8) is 0 Å². The lowest BCUT2D eigenvalue weighted by Gasteiger charge is -2.20. The van der Waals surface area contributed by atoms with Gasteiger partial charge in [0.1, 0.15) is 12.7 Å². The van der Waals surface area contributed by atoms with Gasteiger partial charge in [-0.25, -0.2) is 4.57 Å². The van der Waals surface area contributed by atoms with Crippen LogP contribution in [0.4, 0.5) is 0 Å². The first kappa shape index (κ1) is 54.7. The summed E-state index contributed by atoms with van der Waals surface area (Å²) in [6.45, 7) is 2.29. The van der Waals surface area contributed by atoms with Crippen molar-refractivity contribution in [1.29, 1.82) is 0 Å². The van der Waals surface area contributed by atoms with Crippen LogP contribution in [0.25, 0.3) is 0 Å². The molecule has 0 aliphatic heterocycles. The van der Waals surface area contributed by atoms with Gasteiger partial charge in [0.05, 0.1) is 19.8 Å². The summed E-state index contributed by atoms with van der Waals surface area (Å²) in [6, 6.07) is 0. The highest BCUT2D eigenvalue weighted by atomic mass is 31.2. The van der Waals surface area contributed by atoms with Crippen molar-refractivity contribution in [3.05, 3.63) is 60.8 Å². The van der Waals surface area contributed by atoms with Gasteiger partial charge in [0.25, 0.3) is 0 Å². The molecule has 57 heavy (non-hydrogen) atoms. The number of unbranched alkanes of at least 4 members (excludes halogenated alkanes) is 17. The predicted octanol–water partition coefficient (Wildman–Crippen LogP) is 11.9. The quantitative estimate of drug-likeness (QED) is 0.0235. The number of hydrogen-bond acceptors (Lipinski definition) is 9. The maximum absolute atomic E-state index is 12.6. The number of phosphoric ester groups is 1. The molecule has 0 aliphatic carbocycles. The fourth-order valence-electron chi connectivity index (χ4n) is 5.68. The van der Waals surface area contributed by atoms with E-state index >= 15 is 0 Å². The van der Waals surface area contributed by atoms with E-state index in [1.165, 1.54) is 64.2 Å². The van der Waals surface area contributed by atoms with Gasteiger partial charge in [-0.05, 0) is 83.5 Å². The first-order valence-electron chi connectivity index (χ1n) is 22.2. The number of phosphoric acid groups is 1. The lowest BCUT2D eigenvalue weighted by atomic mass is 10.1. The van der Waals surface area contributed by atoms with E-state index in [0.29, 0.717) is 12.8 Å². The normalized spacial score (nSPS) is 14.4. The third-order valence-electron chi connectivity index (χ3n) is 9.14. The number of rotatable bonds is 41. The Morgan fingerprint density at radius 3 is 1.37 bits per heavy atom. The van der Waals surface area contributed by atoms with Gasteiger partial charge in [0.2, 0.25) is 0 Å². The maximum Gasteiger partial charge on any atom is 0.472 e. The molecule has 0 bridgehead atoms. The molecule has 0 aliphatic rings. The zero-order valence-corrected chi connectivity index (χ0v) is 36.7. The first-order valence-corrected chi connectivity index (χ1v) is 23.7. The largest absolute Gasteiger partial charge is 0.472 e. The van der Waals surface area contributed by atoms with Gasteiger partial charge >= 0.3 is 19.8 Å². The summed E-state index contributed by atoms with van der Waals surface area (Å²) >= 11 is 0. The molecule has 0 heterocycles. The van der Waals surface area contributed by atoms with Crippen LogP contribution in [0.2, 0.25) is 0 Å². The van der Waals surface area contributed by atoms with E-state index in [1.54, 1.807) is 0 Å². The maximum atomic E-state index is 12.6. The van der Waals surface area contributed by atoms with Crippen LogP contribution in [-0.4, -0.2) is 65.7 Å². The minimum absolute atomic E-state index is 0.154. The molecule has 3 atom stereocenters. The highest BCUT2D eigenvalue weighted by Gasteiger charge is 2.27. The molecule has 0 spiro atoms. The summed E-state index contributed by atoms with van der Waals surface area (Å²) in [6.07, 6.45) is 46.0. The molecule has 10 nitrogen and oxygen atoms in total. The van der Waals surface area contributed by atoms with Crippen LogP contribution < -0.4 is 0 Å². The monoisotopic (exact) mass is 825 g/mol. The van der Waals surface area contributed by atoms with Gasteiger partial charge in [-0.15, -0.1) is 0 Å². The molecular weight excluding hydrogens is 743 g/mol. The highest BCUT2D eigenvalue weighted by molar-refractivity contribution is 7.47. The Bertz CT molecular complexity index is 1130. The van der Waals surface area contributed by atoms with Crippen molar-refractivity contribution in [2.24, 2.45) is 0 Å². The summed E-state index contributed by atoms with van der Waals surface area (Å²) in [5.41, 5.74) is 0. The number of ether oxygens (including phenoxy) is 2. The number of hydrogen-bond donors (Lipinski definition) is 3. The average molecular weight is 825 g/mol. The fraction of sp³-hybridized carbons (Fsp3) is 0.739. The van der Waals surface area contributed by atoms with Crippen LogP contribution in [0.15, 0.2) is 60.8 Å². The number of esters is 2. The molecule has 0 radical (unpaired) electrons. The van der Waals surface area contributed by atoms with E-state index in [-0.39, 0.29) is 19.4 Å². The Hall–Kier alpha value is -2.33. The molecule has 0 saturated heterocycles. The van der Waals surface area contributed by atoms with Crippen molar-refractivity contribution in [2.75, 3.05) is 26.4 Å². The summed E-state index contributed by atoms with van der Waals surface area (Å²) in [5.74, 6) is -0.962. The van der Waals surface area contributed by atoms with Gasteiger partial charge < -0.3 is 24.6 Å². The van der Waals surface area contributed by atoms with Crippen LogP contribution in [0.3, 0.4) is 0 Å². The van der Waals surface area contributed by atoms with Gasteiger partial charge in [-0.1, -0.05) is 145 Å².